The zero-order valence-electron chi connectivity index (χ0n) is 15.9. The smallest absolute Gasteiger partial charge is 0.497 e. The summed E-state index contributed by atoms with van der Waals surface area (Å²) in [7, 11) is -4.25. The summed E-state index contributed by atoms with van der Waals surface area (Å²) in [6, 6.07) is 4.23. The number of benzene rings is 1. The summed E-state index contributed by atoms with van der Waals surface area (Å²) < 4.78 is 38.1. The molecule has 0 amide bonds. The zero-order valence-corrected chi connectivity index (χ0v) is 16.8. The SMILES string of the molecule is CN1CC(=O)OB(C(C#CC2CC2)NS(=O)(=O)c2ccc([N+](=O)[O-])cc2)OC(=O)C1. The third-order valence-corrected chi connectivity index (χ3v) is 5.68. The van der Waals surface area contributed by atoms with E-state index in [0.717, 1.165) is 37.1 Å². The largest absolute Gasteiger partial charge is 0.631 e. The maximum Gasteiger partial charge on any atom is 0.631 e. The molecular weight excluding hydrogens is 417 g/mol. The number of likely N-dealkylation sites (N-methyl/N-ethyl adjacent to an activating group) is 1. The average Bonchev–Trinajstić information content (AvgIpc) is 3.47. The second-order valence-corrected chi connectivity index (χ2v) is 8.65. The summed E-state index contributed by atoms with van der Waals surface area (Å²) in [5, 5.41) is 10.8. The predicted molar refractivity (Wildman–Crippen MR) is 103 cm³/mol. The van der Waals surface area contributed by atoms with E-state index in [0.29, 0.717) is 0 Å². The Kier molecular flexibility index (Phi) is 6.40. The van der Waals surface area contributed by atoms with Crippen LogP contribution >= 0.6 is 0 Å². The molecule has 1 N–H and O–H groups in total. The van der Waals surface area contributed by atoms with E-state index < -0.39 is 39.9 Å². The van der Waals surface area contributed by atoms with Crippen LogP contribution in [0.2, 0.25) is 0 Å². The Morgan fingerprint density at radius 2 is 1.77 bits per heavy atom. The van der Waals surface area contributed by atoms with Crippen LogP contribution in [0.3, 0.4) is 0 Å². The fraction of sp³-hybridized carbons (Fsp3) is 0.412. The van der Waals surface area contributed by atoms with Crippen LogP contribution in [0.15, 0.2) is 29.2 Å². The molecule has 13 heteroatoms. The Hall–Kier alpha value is -2.95. The molecule has 158 valence electrons. The first-order valence-electron chi connectivity index (χ1n) is 8.99. The number of hydrogen-bond donors (Lipinski definition) is 1. The summed E-state index contributed by atoms with van der Waals surface area (Å²) in [4.78, 5) is 35.3. The van der Waals surface area contributed by atoms with Crippen LogP contribution in [0.4, 0.5) is 5.69 Å². The molecule has 1 aliphatic heterocycles. The predicted octanol–water partition coefficient (Wildman–Crippen LogP) is -0.286. The maximum atomic E-state index is 12.8. The van der Waals surface area contributed by atoms with E-state index in [9.17, 15) is 28.1 Å². The van der Waals surface area contributed by atoms with Crippen molar-refractivity contribution in [2.24, 2.45) is 5.92 Å². The first-order chi connectivity index (χ1) is 14.1. The van der Waals surface area contributed by atoms with Crippen LogP contribution in [0, 0.1) is 27.9 Å². The fourth-order valence-corrected chi connectivity index (χ4v) is 3.70. The molecule has 30 heavy (non-hydrogen) atoms. The highest BCUT2D eigenvalue weighted by atomic mass is 32.2. The van der Waals surface area contributed by atoms with Gasteiger partial charge in [0, 0.05) is 18.1 Å². The molecule has 1 aromatic carbocycles. The Morgan fingerprint density at radius 1 is 1.20 bits per heavy atom. The molecule has 0 radical (unpaired) electrons. The lowest BCUT2D eigenvalue weighted by atomic mass is 9.78. The van der Waals surface area contributed by atoms with Crippen LogP contribution in [-0.2, 0) is 28.9 Å². The highest BCUT2D eigenvalue weighted by Gasteiger charge is 2.41. The normalized spacial score (nSPS) is 18.9. The molecule has 2 fully saturated rings. The van der Waals surface area contributed by atoms with E-state index in [1.165, 1.54) is 11.9 Å². The van der Waals surface area contributed by atoms with Gasteiger partial charge in [0.15, 0.2) is 0 Å². The number of sulfonamides is 1. The lowest BCUT2D eigenvalue weighted by Crippen LogP contribution is -2.53. The Bertz CT molecular complexity index is 994. The van der Waals surface area contributed by atoms with Crippen molar-refractivity contribution in [3.05, 3.63) is 34.4 Å². The molecule has 0 spiro atoms. The van der Waals surface area contributed by atoms with Crippen LogP contribution in [-0.4, -0.2) is 63.4 Å². The fourth-order valence-electron chi connectivity index (χ4n) is 2.56. The summed E-state index contributed by atoms with van der Waals surface area (Å²) in [6.07, 6.45) is 1.73. The van der Waals surface area contributed by atoms with Gasteiger partial charge in [-0.2, -0.15) is 4.72 Å². The minimum Gasteiger partial charge on any atom is -0.497 e. The van der Waals surface area contributed by atoms with Crippen LogP contribution in [0.1, 0.15) is 12.8 Å². The van der Waals surface area contributed by atoms with Gasteiger partial charge in [-0.25, -0.2) is 8.42 Å². The molecule has 1 saturated heterocycles. The van der Waals surface area contributed by atoms with Gasteiger partial charge in [-0.05, 0) is 32.0 Å². The van der Waals surface area contributed by atoms with Gasteiger partial charge in [0.05, 0.1) is 22.9 Å². The van der Waals surface area contributed by atoms with E-state index in [1.807, 2.05) is 0 Å². The Morgan fingerprint density at radius 3 is 2.27 bits per heavy atom. The third-order valence-electron chi connectivity index (χ3n) is 4.23. The van der Waals surface area contributed by atoms with Crippen molar-refractivity contribution < 1.29 is 32.2 Å². The average molecular weight is 435 g/mol. The Balaban J connectivity index is 1.85. The Labute approximate surface area is 173 Å². The van der Waals surface area contributed by atoms with E-state index in [4.69, 9.17) is 9.31 Å². The molecule has 3 rings (SSSR count). The van der Waals surface area contributed by atoms with Crippen molar-refractivity contribution in [2.75, 3.05) is 20.1 Å². The van der Waals surface area contributed by atoms with Gasteiger partial charge in [0.1, 0.15) is 5.94 Å². The lowest BCUT2D eigenvalue weighted by molar-refractivity contribution is -0.384. The molecular formula is C17H18BN3O8S. The van der Waals surface area contributed by atoms with Gasteiger partial charge in [-0.15, -0.1) is 0 Å². The van der Waals surface area contributed by atoms with Gasteiger partial charge in [0.2, 0.25) is 10.0 Å². The molecule has 1 heterocycles. The third kappa shape index (κ3) is 5.79. The first kappa shape index (κ1) is 21.8. The van der Waals surface area contributed by atoms with Crippen molar-refractivity contribution in [3.63, 3.8) is 0 Å². The standard InChI is InChI=1S/C17H18BN3O8S/c1-20-10-16(22)28-18(29-17(23)11-20)15(9-4-12-2-3-12)19-30(26,27)14-7-5-13(6-8-14)21(24)25/h5-8,12,15,19H,2-3,10-11H2,1H3. The highest BCUT2D eigenvalue weighted by Crippen LogP contribution is 2.27. The molecule has 1 aromatic rings. The van der Waals surface area contributed by atoms with Gasteiger partial charge < -0.3 is 9.31 Å². The molecule has 0 aromatic heterocycles. The summed E-state index contributed by atoms with van der Waals surface area (Å²) in [5.41, 5.74) is -0.272. The number of rotatable bonds is 5. The maximum absolute atomic E-state index is 12.8. The van der Waals surface area contributed by atoms with Crippen molar-refractivity contribution in [2.45, 2.75) is 23.7 Å². The van der Waals surface area contributed by atoms with Gasteiger partial charge in [-0.3, -0.25) is 24.6 Å². The molecule has 11 nitrogen and oxygen atoms in total. The van der Waals surface area contributed by atoms with Crippen molar-refractivity contribution >= 4 is 34.8 Å². The second kappa shape index (κ2) is 8.82. The summed E-state index contributed by atoms with van der Waals surface area (Å²) in [5.74, 6) is 2.90. The monoisotopic (exact) mass is 435 g/mol. The van der Waals surface area contributed by atoms with Gasteiger partial charge in [0.25, 0.3) is 5.69 Å². The zero-order chi connectivity index (χ0) is 21.9. The van der Waals surface area contributed by atoms with Crippen molar-refractivity contribution in [1.82, 2.24) is 9.62 Å². The van der Waals surface area contributed by atoms with E-state index >= 15 is 0 Å². The molecule has 0 bridgehead atoms. The molecule has 1 aliphatic carbocycles. The van der Waals surface area contributed by atoms with E-state index in [1.54, 1.807) is 0 Å². The molecule has 1 unspecified atom stereocenters. The van der Waals surface area contributed by atoms with Gasteiger partial charge >= 0.3 is 19.1 Å². The highest BCUT2D eigenvalue weighted by molar-refractivity contribution is 7.89. The number of nitro benzene ring substituents is 1. The van der Waals surface area contributed by atoms with Crippen LogP contribution in [0.5, 0.6) is 0 Å². The molecule has 2 aliphatic rings. The second-order valence-electron chi connectivity index (χ2n) is 6.93. The number of carbonyl (C=O) groups is 2. The van der Waals surface area contributed by atoms with Crippen molar-refractivity contribution in [1.29, 1.82) is 0 Å². The number of nitrogens with zero attached hydrogens (tertiary/aromatic N) is 2. The lowest BCUT2D eigenvalue weighted by Gasteiger charge is -2.25. The molecule has 1 saturated carbocycles. The number of non-ortho nitro benzene ring substituents is 1. The van der Waals surface area contributed by atoms with Crippen LogP contribution < -0.4 is 4.72 Å². The van der Waals surface area contributed by atoms with Crippen LogP contribution in [0.25, 0.3) is 0 Å². The first-order valence-corrected chi connectivity index (χ1v) is 10.5. The minimum absolute atomic E-state index is 0.0995. The summed E-state index contributed by atoms with van der Waals surface area (Å²) >= 11 is 0. The topological polar surface area (TPSA) is 145 Å². The number of hydrogen-bond acceptors (Lipinski definition) is 9. The number of nitro groups is 1. The minimum atomic E-state index is -4.21. The molecule has 1 atom stereocenters. The van der Waals surface area contributed by atoms with E-state index in [-0.39, 0.29) is 29.6 Å². The van der Waals surface area contributed by atoms with E-state index in [2.05, 4.69) is 16.6 Å². The van der Waals surface area contributed by atoms with Crippen molar-refractivity contribution in [3.8, 4) is 11.8 Å². The quantitative estimate of drug-likeness (QED) is 0.286. The number of nitrogens with one attached hydrogen (secondary N) is 1. The van der Waals surface area contributed by atoms with Gasteiger partial charge in [-0.1, -0.05) is 11.8 Å². The number of carbonyl (C=O) groups excluding carboxylic acids is 2. The summed E-state index contributed by atoms with van der Waals surface area (Å²) in [6.45, 7) is -0.354.